The number of hydrogen-bond donors (Lipinski definition) is 1. The van der Waals surface area contributed by atoms with Gasteiger partial charge >= 0.3 is 5.69 Å². The van der Waals surface area contributed by atoms with Crippen molar-refractivity contribution in [1.29, 1.82) is 0 Å². The van der Waals surface area contributed by atoms with Crippen LogP contribution < -0.4 is 5.73 Å². The minimum absolute atomic E-state index is 0.0332. The first-order chi connectivity index (χ1) is 9.56. The van der Waals surface area contributed by atoms with E-state index in [-0.39, 0.29) is 28.9 Å². The Morgan fingerprint density at radius 3 is 2.90 bits per heavy atom. The van der Waals surface area contributed by atoms with Gasteiger partial charge in [-0.2, -0.15) is 0 Å². The molecule has 0 aliphatic carbocycles. The molecule has 6 nitrogen and oxygen atoms in total. The third kappa shape index (κ3) is 2.59. The Kier molecular flexibility index (Phi) is 4.22. The Morgan fingerprint density at radius 2 is 2.25 bits per heavy atom. The molecular weight excluding hydrogens is 258 g/mol. The molecule has 0 radical (unpaired) electrons. The molecule has 6 heteroatoms. The Bertz CT molecular complexity index is 530. The zero-order valence-corrected chi connectivity index (χ0v) is 11.5. The highest BCUT2D eigenvalue weighted by Crippen LogP contribution is 2.29. The van der Waals surface area contributed by atoms with Crippen LogP contribution in [0.2, 0.25) is 0 Å². The number of nitrogen functional groups attached to an aromatic ring is 1. The molecule has 0 spiro atoms. The molecule has 1 heterocycles. The van der Waals surface area contributed by atoms with Crippen molar-refractivity contribution in [1.82, 2.24) is 4.90 Å². The van der Waals surface area contributed by atoms with Gasteiger partial charge in [-0.25, -0.2) is 0 Å². The number of anilines is 1. The maximum atomic E-state index is 12.6. The standard InChI is InChI=1S/C14H19N3O3/c1-2-10-6-3-4-9-16(10)14(18)11-7-5-8-12(15)13(11)17(19)20/h5,7-8,10H,2-4,6,9,15H2,1H3. The third-order valence-corrected chi connectivity index (χ3v) is 3.84. The van der Waals surface area contributed by atoms with Crippen molar-refractivity contribution in [3.8, 4) is 0 Å². The molecule has 1 fully saturated rings. The number of amides is 1. The molecule has 2 rings (SSSR count). The van der Waals surface area contributed by atoms with E-state index in [9.17, 15) is 14.9 Å². The van der Waals surface area contributed by atoms with Crippen LogP contribution in [-0.4, -0.2) is 28.3 Å². The van der Waals surface area contributed by atoms with Crippen molar-refractivity contribution < 1.29 is 9.72 Å². The Labute approximate surface area is 117 Å². The van der Waals surface area contributed by atoms with Crippen LogP contribution >= 0.6 is 0 Å². The van der Waals surface area contributed by atoms with Crippen LogP contribution in [0.3, 0.4) is 0 Å². The number of nitrogens with zero attached hydrogens (tertiary/aromatic N) is 2. The fourth-order valence-electron chi connectivity index (χ4n) is 2.78. The minimum Gasteiger partial charge on any atom is -0.393 e. The Morgan fingerprint density at radius 1 is 1.50 bits per heavy atom. The second-order valence-electron chi connectivity index (χ2n) is 5.06. The highest BCUT2D eigenvalue weighted by atomic mass is 16.6. The number of piperidine rings is 1. The Hall–Kier alpha value is -2.11. The van der Waals surface area contributed by atoms with Gasteiger partial charge in [0.25, 0.3) is 5.91 Å². The van der Waals surface area contributed by atoms with Gasteiger partial charge in [0.15, 0.2) is 0 Å². The minimum atomic E-state index is -0.576. The molecule has 1 amide bonds. The second kappa shape index (κ2) is 5.90. The number of nitro benzene ring substituents is 1. The normalized spacial score (nSPS) is 18.9. The summed E-state index contributed by atoms with van der Waals surface area (Å²) >= 11 is 0. The summed E-state index contributed by atoms with van der Waals surface area (Å²) in [6.07, 6.45) is 3.86. The van der Waals surface area contributed by atoms with Crippen molar-refractivity contribution >= 4 is 17.3 Å². The van der Waals surface area contributed by atoms with Crippen LogP contribution in [0.1, 0.15) is 43.0 Å². The number of carbonyl (C=O) groups excluding carboxylic acids is 1. The highest BCUT2D eigenvalue weighted by Gasteiger charge is 2.31. The lowest BCUT2D eigenvalue weighted by atomic mass is 9.98. The molecule has 1 aromatic carbocycles. The lowest BCUT2D eigenvalue weighted by molar-refractivity contribution is -0.384. The first-order valence-corrected chi connectivity index (χ1v) is 6.90. The van der Waals surface area contributed by atoms with Gasteiger partial charge in [0.1, 0.15) is 11.3 Å². The van der Waals surface area contributed by atoms with E-state index in [4.69, 9.17) is 5.73 Å². The van der Waals surface area contributed by atoms with E-state index >= 15 is 0 Å². The van der Waals surface area contributed by atoms with Crippen molar-refractivity contribution in [2.24, 2.45) is 0 Å². The van der Waals surface area contributed by atoms with Gasteiger partial charge in [-0.3, -0.25) is 14.9 Å². The summed E-state index contributed by atoms with van der Waals surface area (Å²) in [6.45, 7) is 2.69. The van der Waals surface area contributed by atoms with E-state index in [1.165, 1.54) is 12.1 Å². The first kappa shape index (κ1) is 14.3. The maximum Gasteiger partial charge on any atom is 0.304 e. The summed E-state index contributed by atoms with van der Waals surface area (Å²) in [4.78, 5) is 24.9. The van der Waals surface area contributed by atoms with Crippen LogP contribution in [-0.2, 0) is 0 Å². The van der Waals surface area contributed by atoms with Crippen LogP contribution in [0, 0.1) is 10.1 Å². The van der Waals surface area contributed by atoms with Crippen molar-refractivity contribution in [3.63, 3.8) is 0 Å². The zero-order chi connectivity index (χ0) is 14.7. The summed E-state index contributed by atoms with van der Waals surface area (Å²) in [5, 5.41) is 11.1. The molecule has 0 saturated carbocycles. The lowest BCUT2D eigenvalue weighted by Crippen LogP contribution is -2.43. The lowest BCUT2D eigenvalue weighted by Gasteiger charge is -2.35. The molecule has 0 aromatic heterocycles. The summed E-state index contributed by atoms with van der Waals surface area (Å²) in [7, 11) is 0. The van der Waals surface area contributed by atoms with Crippen molar-refractivity contribution in [2.45, 2.75) is 38.6 Å². The van der Waals surface area contributed by atoms with Crippen LogP contribution in [0.5, 0.6) is 0 Å². The number of carbonyl (C=O) groups is 1. The number of para-hydroxylation sites is 1. The van der Waals surface area contributed by atoms with Crippen LogP contribution in [0.25, 0.3) is 0 Å². The molecule has 2 N–H and O–H groups in total. The summed E-state index contributed by atoms with van der Waals surface area (Å²) < 4.78 is 0. The monoisotopic (exact) mass is 277 g/mol. The van der Waals surface area contributed by atoms with Gasteiger partial charge in [0.05, 0.1) is 4.92 Å². The molecular formula is C14H19N3O3. The van der Waals surface area contributed by atoms with E-state index in [1.807, 2.05) is 6.92 Å². The largest absolute Gasteiger partial charge is 0.393 e. The number of benzene rings is 1. The molecule has 1 atom stereocenters. The SMILES string of the molecule is CCC1CCCCN1C(=O)c1cccc(N)c1[N+](=O)[O-]. The van der Waals surface area contributed by atoms with E-state index in [1.54, 1.807) is 11.0 Å². The number of nitro groups is 1. The number of nitrogens with two attached hydrogens (primary N) is 1. The van der Waals surface area contributed by atoms with Gasteiger partial charge in [0, 0.05) is 12.6 Å². The molecule has 1 aromatic rings. The van der Waals surface area contributed by atoms with Gasteiger partial charge in [-0.15, -0.1) is 0 Å². The number of likely N-dealkylation sites (tertiary alicyclic amines) is 1. The fraction of sp³-hybridized carbons (Fsp3) is 0.500. The average molecular weight is 277 g/mol. The number of hydrogen-bond acceptors (Lipinski definition) is 4. The topological polar surface area (TPSA) is 89.5 Å². The molecule has 1 saturated heterocycles. The van der Waals surface area contributed by atoms with E-state index in [0.29, 0.717) is 6.54 Å². The first-order valence-electron chi connectivity index (χ1n) is 6.90. The van der Waals surface area contributed by atoms with Gasteiger partial charge in [0.2, 0.25) is 0 Å². The predicted octanol–water partition coefficient (Wildman–Crippen LogP) is 2.58. The summed E-state index contributed by atoms with van der Waals surface area (Å²) in [6, 6.07) is 4.68. The van der Waals surface area contributed by atoms with E-state index < -0.39 is 4.92 Å². The molecule has 0 bridgehead atoms. The molecule has 108 valence electrons. The maximum absolute atomic E-state index is 12.6. The van der Waals surface area contributed by atoms with Gasteiger partial charge < -0.3 is 10.6 Å². The quantitative estimate of drug-likeness (QED) is 0.522. The van der Waals surface area contributed by atoms with E-state index in [0.717, 1.165) is 25.7 Å². The van der Waals surface area contributed by atoms with Gasteiger partial charge in [-0.05, 0) is 37.8 Å². The highest BCUT2D eigenvalue weighted by molar-refractivity contribution is 6.00. The van der Waals surface area contributed by atoms with Crippen LogP contribution in [0.4, 0.5) is 11.4 Å². The molecule has 20 heavy (non-hydrogen) atoms. The number of rotatable bonds is 3. The predicted molar refractivity (Wildman–Crippen MR) is 76.5 cm³/mol. The Balaban J connectivity index is 2.38. The zero-order valence-electron chi connectivity index (χ0n) is 11.5. The van der Waals surface area contributed by atoms with Crippen molar-refractivity contribution in [2.75, 3.05) is 12.3 Å². The molecule has 1 unspecified atom stereocenters. The summed E-state index contributed by atoms with van der Waals surface area (Å²) in [5.41, 5.74) is 5.49. The molecule has 1 aliphatic rings. The summed E-state index contributed by atoms with van der Waals surface area (Å²) in [5.74, 6) is -0.282. The van der Waals surface area contributed by atoms with Crippen LogP contribution in [0.15, 0.2) is 18.2 Å². The second-order valence-corrected chi connectivity index (χ2v) is 5.06. The average Bonchev–Trinajstić information content (AvgIpc) is 2.45. The third-order valence-electron chi connectivity index (χ3n) is 3.84. The van der Waals surface area contributed by atoms with E-state index in [2.05, 4.69) is 0 Å². The fourth-order valence-corrected chi connectivity index (χ4v) is 2.78. The van der Waals surface area contributed by atoms with Gasteiger partial charge in [-0.1, -0.05) is 13.0 Å². The molecule has 1 aliphatic heterocycles. The van der Waals surface area contributed by atoms with Crippen molar-refractivity contribution in [3.05, 3.63) is 33.9 Å². The smallest absolute Gasteiger partial charge is 0.304 e.